The smallest absolute Gasteiger partial charge is 0.602 e. The van der Waals surface area contributed by atoms with E-state index in [4.69, 9.17) is 16.1 Å². The predicted octanol–water partition coefficient (Wildman–Crippen LogP) is 9.31. The van der Waals surface area contributed by atoms with Crippen LogP contribution in [0, 0.1) is 0 Å². The number of hydrogen-bond donors (Lipinski definition) is 0. The highest BCUT2D eigenvalue weighted by Gasteiger charge is 2.35. The first kappa shape index (κ1) is 35.5. The van der Waals surface area contributed by atoms with Crippen molar-refractivity contribution in [2.24, 2.45) is 0 Å². The van der Waals surface area contributed by atoms with E-state index in [1.807, 2.05) is 13.8 Å². The molecule has 0 amide bonds. The molecule has 0 spiro atoms. The van der Waals surface area contributed by atoms with Gasteiger partial charge in [-0.2, -0.15) is 0 Å². The molecule has 6 heteroatoms. The van der Waals surface area contributed by atoms with Gasteiger partial charge in [-0.25, -0.2) is 0 Å². The minimum atomic E-state index is -2.28. The molecule has 0 saturated heterocycles. The van der Waals surface area contributed by atoms with Gasteiger partial charge in [0.05, 0.1) is 5.76 Å². The molecule has 0 heterocycles. The highest BCUT2D eigenvalue weighted by atomic mass is 27.3. The third-order valence-electron chi connectivity index (χ3n) is 6.40. The Labute approximate surface area is 229 Å². The van der Waals surface area contributed by atoms with Crippen LogP contribution in [-0.2, 0) is 16.1 Å². The van der Waals surface area contributed by atoms with Gasteiger partial charge in [0.25, 0.3) is 0 Å². The number of hydrogen-bond acceptors (Lipinski definition) is 4. The van der Waals surface area contributed by atoms with Crippen molar-refractivity contribution in [3.63, 3.8) is 0 Å². The van der Waals surface area contributed by atoms with Gasteiger partial charge in [0.1, 0.15) is 6.08 Å². The molecule has 0 atom stereocenters. The van der Waals surface area contributed by atoms with Crippen LogP contribution in [0.1, 0.15) is 156 Å². The molecule has 1 N–H and O–H groups in total. The summed E-state index contributed by atoms with van der Waals surface area (Å²) in [6.07, 6.45) is 27.6. The molecule has 212 valence electrons. The average Bonchev–Trinajstić information content (AvgIpc) is 2.85. The molecule has 0 radical (unpaired) electrons. The van der Waals surface area contributed by atoms with Gasteiger partial charge < -0.3 is 20.9 Å². The molecule has 0 aromatic heterocycles. The molecule has 0 saturated carbocycles. The van der Waals surface area contributed by atoms with Crippen molar-refractivity contribution >= 4 is 21.1 Å². The van der Waals surface area contributed by atoms with Gasteiger partial charge in [0, 0.05) is 13.2 Å². The Morgan fingerprint density at radius 1 is 0.583 bits per heavy atom. The maximum atomic E-state index is 9.76. The highest BCUT2D eigenvalue weighted by Crippen LogP contribution is 2.13. The Hall–Kier alpha value is -0.538. The second-order valence-corrected chi connectivity index (χ2v) is 11.5. The van der Waals surface area contributed by atoms with Crippen molar-refractivity contribution in [1.29, 1.82) is 0 Å². The first-order chi connectivity index (χ1) is 17.6. The Kier molecular flexibility index (Phi) is 28.6. The van der Waals surface area contributed by atoms with Crippen molar-refractivity contribution < 1.29 is 20.9 Å². The first-order valence-corrected chi connectivity index (χ1v) is 16.8. The molecule has 0 aliphatic heterocycles. The van der Waals surface area contributed by atoms with E-state index in [-0.39, 0.29) is 5.97 Å². The molecule has 0 aliphatic carbocycles. The van der Waals surface area contributed by atoms with Crippen LogP contribution >= 0.6 is 0 Å². The lowest BCUT2D eigenvalue weighted by Crippen LogP contribution is -2.28. The predicted molar refractivity (Wildman–Crippen MR) is 155 cm³/mol. The monoisotopic (exact) mass is 527 g/mol. The fourth-order valence-corrected chi connectivity index (χ4v) is 5.53. The summed E-state index contributed by atoms with van der Waals surface area (Å²) in [5, 5.41) is 0. The van der Waals surface area contributed by atoms with Crippen molar-refractivity contribution in [2.45, 2.75) is 156 Å². The summed E-state index contributed by atoms with van der Waals surface area (Å²) >= 11 is -2.28. The van der Waals surface area contributed by atoms with E-state index in [0.717, 1.165) is 12.8 Å². The molecular weight excluding hydrogens is 467 g/mol. The van der Waals surface area contributed by atoms with Crippen molar-refractivity contribution in [2.75, 3.05) is 19.8 Å². The van der Waals surface area contributed by atoms with E-state index < -0.39 is 15.1 Å². The molecule has 0 aromatic rings. The molecule has 0 fully saturated rings. The van der Waals surface area contributed by atoms with Gasteiger partial charge in [-0.3, -0.25) is 0 Å². The molecule has 0 bridgehead atoms. The normalized spacial score (nSPS) is 11.6. The largest absolute Gasteiger partial charge is 1.00 e. The Balaban J connectivity index is 4.07. The third-order valence-corrected chi connectivity index (χ3v) is 7.98. The Morgan fingerprint density at radius 2 is 0.944 bits per heavy atom. The number of esters is 1. The molecule has 0 aliphatic rings. The van der Waals surface area contributed by atoms with Crippen LogP contribution in [-0.4, -0.2) is 45.7 Å². The lowest BCUT2D eigenvalue weighted by atomic mass is 10.1. The van der Waals surface area contributed by atoms with Crippen LogP contribution in [0.25, 0.3) is 0 Å². The maximum Gasteiger partial charge on any atom is 1.00 e. The lowest BCUT2D eigenvalue weighted by Gasteiger charge is -2.15. The zero-order valence-corrected chi connectivity index (χ0v) is 25.7. The quantitative estimate of drug-likeness (QED) is 0.0254. The van der Waals surface area contributed by atoms with E-state index in [2.05, 4.69) is 13.8 Å². The Morgan fingerprint density at radius 3 is 1.31 bits per heavy atom. The van der Waals surface area contributed by atoms with Gasteiger partial charge in [-0.1, -0.05) is 129 Å². The minimum Gasteiger partial charge on any atom is -0.602 e. The van der Waals surface area contributed by atoms with E-state index in [1.54, 1.807) is 0 Å². The Bertz CT molecular complexity index is 472. The summed E-state index contributed by atoms with van der Waals surface area (Å²) in [6, 6.07) is 0. The second-order valence-electron chi connectivity index (χ2n) is 10.0. The van der Waals surface area contributed by atoms with E-state index >= 15 is 0 Å². The summed E-state index contributed by atoms with van der Waals surface area (Å²) in [5.41, 5.74) is 0. The van der Waals surface area contributed by atoms with E-state index in [0.29, 0.717) is 25.6 Å². The topological polar surface area (TPSA) is 58.3 Å². The zero-order chi connectivity index (χ0) is 26.5. The highest BCUT2D eigenvalue weighted by molar-refractivity contribution is 6.36. The van der Waals surface area contributed by atoms with Crippen LogP contribution in [0.4, 0.5) is 0 Å². The molecule has 0 rings (SSSR count). The van der Waals surface area contributed by atoms with Crippen molar-refractivity contribution in [3.05, 3.63) is 11.8 Å². The van der Waals surface area contributed by atoms with Crippen LogP contribution in [0.5, 0.6) is 0 Å². The van der Waals surface area contributed by atoms with Crippen molar-refractivity contribution in [3.8, 4) is 0 Å². The number of ether oxygens (including phenoxy) is 1. The van der Waals surface area contributed by atoms with Gasteiger partial charge in [-0.15, -0.1) is 0 Å². The first-order valence-electron chi connectivity index (χ1n) is 15.4. The number of carbonyl (C=O) groups excluding carboxylic acids is 1. The summed E-state index contributed by atoms with van der Waals surface area (Å²) in [4.78, 5) is 9.76. The molecular formula is C30H60AlO5+. The van der Waals surface area contributed by atoms with Crippen LogP contribution in [0.2, 0.25) is 0 Å². The van der Waals surface area contributed by atoms with E-state index in [9.17, 15) is 4.79 Å². The van der Waals surface area contributed by atoms with Crippen LogP contribution in [0.3, 0.4) is 0 Å². The summed E-state index contributed by atoms with van der Waals surface area (Å²) in [6.45, 7) is 9.96. The van der Waals surface area contributed by atoms with Gasteiger partial charge in [0.2, 0.25) is 0 Å². The van der Waals surface area contributed by atoms with Gasteiger partial charge >= 0.3 is 21.1 Å². The maximum absolute atomic E-state index is 9.76. The summed E-state index contributed by atoms with van der Waals surface area (Å²) in [5.74, 6) is 0.441. The fraction of sp³-hybridized carbons (Fsp3) is 0.900. The minimum absolute atomic E-state index is 0.132. The SMILES string of the molecule is CCCCCCCCCCCC[O][Al]([O]CCCCCCCCCCCC)[O]/C(C)=C\C(=[OH+])OCC. The van der Waals surface area contributed by atoms with E-state index in [1.165, 1.54) is 122 Å². The molecule has 5 nitrogen and oxygen atoms in total. The lowest BCUT2D eigenvalue weighted by molar-refractivity contribution is 0.113. The zero-order valence-electron chi connectivity index (χ0n) is 24.5. The third kappa shape index (κ3) is 26.5. The number of rotatable bonds is 28. The average molecular weight is 528 g/mol. The van der Waals surface area contributed by atoms with Gasteiger partial charge in [-0.05, 0) is 26.7 Å². The molecule has 0 unspecified atom stereocenters. The second kappa shape index (κ2) is 29.0. The van der Waals surface area contributed by atoms with Gasteiger partial charge in [0.15, 0.2) is 6.61 Å². The van der Waals surface area contributed by atoms with Crippen molar-refractivity contribution in [1.82, 2.24) is 0 Å². The number of unbranched alkanes of at least 4 members (excludes halogenated alkanes) is 18. The van der Waals surface area contributed by atoms with Crippen LogP contribution < -0.4 is 0 Å². The standard InChI is InChI=1S/2C12H25O.C6H10O3.Al/c2*1-2-3-4-5-6-7-8-9-10-11-12-13;1-3-9-6(8)4-5(2)7;/h2*2-12H2,1H3;4,7H,3H2,1-2H3;/q2*-1;;+3/b;;5-4-;. The summed E-state index contributed by atoms with van der Waals surface area (Å²) in [7, 11) is 0. The van der Waals surface area contributed by atoms with Crippen LogP contribution in [0.15, 0.2) is 11.8 Å². The molecule has 0 aromatic carbocycles. The molecule has 36 heavy (non-hydrogen) atoms. The summed E-state index contributed by atoms with van der Waals surface area (Å²) < 4.78 is 23.1. The fourth-order valence-electron chi connectivity index (χ4n) is 4.20. The number of allylic oxidation sites excluding steroid dienone is 1.